The molecule has 0 fully saturated rings. The predicted octanol–water partition coefficient (Wildman–Crippen LogP) is 1.88. The van der Waals surface area contributed by atoms with Crippen molar-refractivity contribution >= 4 is 21.7 Å². The molecule has 0 N–H and O–H groups in total. The van der Waals surface area contributed by atoms with Gasteiger partial charge in [0.25, 0.3) is 0 Å². The van der Waals surface area contributed by atoms with Crippen LogP contribution in [0.1, 0.15) is 12.7 Å². The summed E-state index contributed by atoms with van der Waals surface area (Å²) < 4.78 is 5.85. The summed E-state index contributed by atoms with van der Waals surface area (Å²) >= 11 is 3.38. The molecule has 0 amide bonds. The average Bonchev–Trinajstić information content (AvgIpc) is 2.24. The van der Waals surface area contributed by atoms with Gasteiger partial charge in [-0.05, 0) is 15.9 Å². The number of nitrogens with zero attached hydrogens (tertiary/aromatic N) is 3. The molecule has 15 heavy (non-hydrogen) atoms. The standard InChI is InChI=1S/C10H16BrN3O/c1-4-9-12-8(11)7-10(13-9)14(2)5-6-15-3/h7H,4-6H2,1-3H3. The van der Waals surface area contributed by atoms with Crippen LogP contribution >= 0.6 is 15.9 Å². The second kappa shape index (κ2) is 6.02. The monoisotopic (exact) mass is 273 g/mol. The van der Waals surface area contributed by atoms with E-state index in [9.17, 15) is 0 Å². The van der Waals surface area contributed by atoms with E-state index in [2.05, 4.69) is 30.8 Å². The Morgan fingerprint density at radius 1 is 1.47 bits per heavy atom. The highest BCUT2D eigenvalue weighted by atomic mass is 79.9. The lowest BCUT2D eigenvalue weighted by Gasteiger charge is -2.18. The first-order valence-electron chi connectivity index (χ1n) is 4.91. The highest BCUT2D eigenvalue weighted by molar-refractivity contribution is 9.10. The summed E-state index contributed by atoms with van der Waals surface area (Å²) in [5.74, 6) is 1.77. The smallest absolute Gasteiger partial charge is 0.133 e. The largest absolute Gasteiger partial charge is 0.383 e. The third-order valence-electron chi connectivity index (χ3n) is 2.07. The summed E-state index contributed by atoms with van der Waals surface area (Å²) in [6.45, 7) is 3.56. The van der Waals surface area contributed by atoms with E-state index in [0.29, 0.717) is 6.61 Å². The Bertz CT molecular complexity index is 320. The van der Waals surface area contributed by atoms with Crippen molar-refractivity contribution in [2.75, 3.05) is 32.2 Å². The van der Waals surface area contributed by atoms with Gasteiger partial charge in [0.1, 0.15) is 16.2 Å². The van der Waals surface area contributed by atoms with Crippen LogP contribution in [0.5, 0.6) is 0 Å². The van der Waals surface area contributed by atoms with Crippen LogP contribution in [-0.2, 0) is 11.2 Å². The maximum Gasteiger partial charge on any atom is 0.133 e. The van der Waals surface area contributed by atoms with Crippen LogP contribution in [0.4, 0.5) is 5.82 Å². The van der Waals surface area contributed by atoms with Crippen LogP contribution in [0, 0.1) is 0 Å². The zero-order valence-corrected chi connectivity index (χ0v) is 10.9. The fourth-order valence-corrected chi connectivity index (χ4v) is 1.56. The number of hydrogen-bond donors (Lipinski definition) is 0. The molecule has 0 aliphatic carbocycles. The van der Waals surface area contributed by atoms with Crippen molar-refractivity contribution in [3.05, 3.63) is 16.5 Å². The van der Waals surface area contributed by atoms with Crippen LogP contribution in [0.3, 0.4) is 0 Å². The van der Waals surface area contributed by atoms with E-state index in [1.54, 1.807) is 7.11 Å². The van der Waals surface area contributed by atoms with Crippen LogP contribution in [0.2, 0.25) is 0 Å². The minimum absolute atomic E-state index is 0.694. The van der Waals surface area contributed by atoms with Gasteiger partial charge in [0, 0.05) is 33.2 Å². The Morgan fingerprint density at radius 3 is 2.80 bits per heavy atom. The Hall–Kier alpha value is -0.680. The summed E-state index contributed by atoms with van der Waals surface area (Å²) in [6, 6.07) is 1.91. The van der Waals surface area contributed by atoms with Gasteiger partial charge in [-0.15, -0.1) is 0 Å². The van der Waals surface area contributed by atoms with E-state index >= 15 is 0 Å². The minimum Gasteiger partial charge on any atom is -0.383 e. The summed E-state index contributed by atoms with van der Waals surface area (Å²) in [7, 11) is 3.69. The summed E-state index contributed by atoms with van der Waals surface area (Å²) in [5, 5.41) is 0. The molecule has 0 aromatic carbocycles. The van der Waals surface area contributed by atoms with Gasteiger partial charge in [0.15, 0.2) is 0 Å². The van der Waals surface area contributed by atoms with Gasteiger partial charge in [-0.3, -0.25) is 0 Å². The lowest BCUT2D eigenvalue weighted by atomic mass is 10.4. The van der Waals surface area contributed by atoms with Crippen molar-refractivity contribution in [3.8, 4) is 0 Å². The molecule has 0 saturated carbocycles. The molecule has 0 unspecified atom stereocenters. The van der Waals surface area contributed by atoms with Crippen LogP contribution in [-0.4, -0.2) is 37.3 Å². The zero-order valence-electron chi connectivity index (χ0n) is 9.33. The molecule has 0 radical (unpaired) electrons. The number of rotatable bonds is 5. The lowest BCUT2D eigenvalue weighted by molar-refractivity contribution is 0.206. The van der Waals surface area contributed by atoms with Crippen LogP contribution < -0.4 is 4.90 Å². The number of likely N-dealkylation sites (N-methyl/N-ethyl adjacent to an activating group) is 1. The molecular formula is C10H16BrN3O. The predicted molar refractivity (Wildman–Crippen MR) is 64.3 cm³/mol. The molecule has 5 heteroatoms. The molecule has 1 aromatic rings. The third-order valence-corrected chi connectivity index (χ3v) is 2.47. The van der Waals surface area contributed by atoms with Gasteiger partial charge < -0.3 is 9.64 Å². The fraction of sp³-hybridized carbons (Fsp3) is 0.600. The number of hydrogen-bond acceptors (Lipinski definition) is 4. The molecule has 1 heterocycles. The van der Waals surface area contributed by atoms with Gasteiger partial charge in [0.2, 0.25) is 0 Å². The Morgan fingerprint density at radius 2 is 2.20 bits per heavy atom. The molecule has 4 nitrogen and oxygen atoms in total. The van der Waals surface area contributed by atoms with Gasteiger partial charge in [-0.25, -0.2) is 9.97 Å². The number of anilines is 1. The van der Waals surface area contributed by atoms with E-state index in [4.69, 9.17) is 4.74 Å². The molecule has 1 aromatic heterocycles. The van der Waals surface area contributed by atoms with Gasteiger partial charge in [0.05, 0.1) is 6.61 Å². The second-order valence-corrected chi connectivity index (χ2v) is 4.05. The van der Waals surface area contributed by atoms with E-state index in [1.807, 2.05) is 20.0 Å². The summed E-state index contributed by atoms with van der Waals surface area (Å²) in [6.07, 6.45) is 0.838. The molecular weight excluding hydrogens is 258 g/mol. The van der Waals surface area contributed by atoms with E-state index in [1.165, 1.54) is 0 Å². The molecule has 0 saturated heterocycles. The average molecular weight is 274 g/mol. The first-order valence-corrected chi connectivity index (χ1v) is 5.70. The van der Waals surface area contributed by atoms with Crippen molar-refractivity contribution in [1.29, 1.82) is 0 Å². The molecule has 1 rings (SSSR count). The molecule has 0 aliphatic heterocycles. The first kappa shape index (κ1) is 12.4. The molecule has 0 bridgehead atoms. The van der Waals surface area contributed by atoms with E-state index < -0.39 is 0 Å². The first-order chi connectivity index (χ1) is 7.17. The summed E-state index contributed by atoms with van der Waals surface area (Å²) in [5.41, 5.74) is 0. The Balaban J connectivity index is 2.78. The molecule has 0 aliphatic rings. The van der Waals surface area contributed by atoms with Gasteiger partial charge >= 0.3 is 0 Å². The molecule has 84 valence electrons. The van der Waals surface area contributed by atoms with Gasteiger partial charge in [-0.1, -0.05) is 6.92 Å². The highest BCUT2D eigenvalue weighted by Gasteiger charge is 2.05. The summed E-state index contributed by atoms with van der Waals surface area (Å²) in [4.78, 5) is 10.7. The number of aryl methyl sites for hydroxylation is 1. The van der Waals surface area contributed by atoms with Crippen molar-refractivity contribution in [2.45, 2.75) is 13.3 Å². The second-order valence-electron chi connectivity index (χ2n) is 3.23. The normalized spacial score (nSPS) is 10.4. The quantitative estimate of drug-likeness (QED) is 0.768. The maximum absolute atomic E-state index is 5.02. The van der Waals surface area contributed by atoms with Crippen molar-refractivity contribution < 1.29 is 4.74 Å². The molecule has 0 atom stereocenters. The molecule has 0 spiro atoms. The van der Waals surface area contributed by atoms with Crippen molar-refractivity contribution in [1.82, 2.24) is 9.97 Å². The SMILES string of the molecule is CCc1nc(Br)cc(N(C)CCOC)n1. The topological polar surface area (TPSA) is 38.2 Å². The highest BCUT2D eigenvalue weighted by Crippen LogP contribution is 2.15. The maximum atomic E-state index is 5.02. The van der Waals surface area contributed by atoms with Crippen LogP contribution in [0.25, 0.3) is 0 Å². The number of halogens is 1. The lowest BCUT2D eigenvalue weighted by Crippen LogP contribution is -2.23. The third kappa shape index (κ3) is 3.76. The number of methoxy groups -OCH3 is 1. The number of aromatic nitrogens is 2. The minimum atomic E-state index is 0.694. The zero-order chi connectivity index (χ0) is 11.3. The van der Waals surface area contributed by atoms with Gasteiger partial charge in [-0.2, -0.15) is 0 Å². The van der Waals surface area contributed by atoms with E-state index in [0.717, 1.165) is 29.2 Å². The Labute approximate surface area is 98.8 Å². The van der Waals surface area contributed by atoms with E-state index in [-0.39, 0.29) is 0 Å². The van der Waals surface area contributed by atoms with Crippen LogP contribution in [0.15, 0.2) is 10.7 Å². The Kier molecular flexibility index (Phi) is 4.98. The number of ether oxygens (including phenoxy) is 1. The van der Waals surface area contributed by atoms with Crippen molar-refractivity contribution in [3.63, 3.8) is 0 Å². The fourth-order valence-electron chi connectivity index (χ4n) is 1.15. The van der Waals surface area contributed by atoms with Crippen molar-refractivity contribution in [2.24, 2.45) is 0 Å².